The Balaban J connectivity index is 2.12. The number of halogens is 1. The summed E-state index contributed by atoms with van der Waals surface area (Å²) in [5.41, 5.74) is 1.10. The summed E-state index contributed by atoms with van der Waals surface area (Å²) >= 11 is 0. The van der Waals surface area contributed by atoms with Crippen molar-refractivity contribution in [2.45, 2.75) is 19.4 Å². The minimum absolute atomic E-state index is 0.246. The maximum absolute atomic E-state index is 13.4. The van der Waals surface area contributed by atoms with Gasteiger partial charge in [-0.1, -0.05) is 36.4 Å². The van der Waals surface area contributed by atoms with Crippen molar-refractivity contribution in [3.8, 4) is 0 Å². The van der Waals surface area contributed by atoms with Crippen LogP contribution < -0.4 is 5.32 Å². The summed E-state index contributed by atoms with van der Waals surface area (Å²) in [4.78, 5) is 0. The van der Waals surface area contributed by atoms with E-state index in [0.717, 1.165) is 5.56 Å². The van der Waals surface area contributed by atoms with Gasteiger partial charge < -0.3 is 10.4 Å². The number of aliphatic hydroxyl groups is 1. The van der Waals surface area contributed by atoms with Crippen molar-refractivity contribution < 1.29 is 9.50 Å². The van der Waals surface area contributed by atoms with E-state index in [1.54, 1.807) is 26.0 Å². The highest BCUT2D eigenvalue weighted by Gasteiger charge is 2.22. The fourth-order valence-electron chi connectivity index (χ4n) is 1.97. The molecule has 0 saturated carbocycles. The molecule has 0 radical (unpaired) electrons. The summed E-state index contributed by atoms with van der Waals surface area (Å²) in [7, 11) is 0. The first-order valence-electron chi connectivity index (χ1n) is 6.27. The molecule has 2 nitrogen and oxygen atoms in total. The van der Waals surface area contributed by atoms with E-state index in [9.17, 15) is 9.50 Å². The second-order valence-electron chi connectivity index (χ2n) is 4.91. The first-order chi connectivity index (χ1) is 9.00. The predicted octanol–water partition coefficient (Wildman–Crippen LogP) is 3.45. The van der Waals surface area contributed by atoms with Crippen LogP contribution in [0.25, 0.3) is 0 Å². The van der Waals surface area contributed by atoms with Gasteiger partial charge in [0.05, 0.1) is 0 Å². The molecular weight excluding hydrogens is 241 g/mol. The lowest BCUT2D eigenvalue weighted by atomic mass is 9.96. The van der Waals surface area contributed by atoms with E-state index in [4.69, 9.17) is 0 Å². The average molecular weight is 259 g/mol. The Hall–Kier alpha value is -1.87. The van der Waals surface area contributed by atoms with Crippen molar-refractivity contribution in [3.63, 3.8) is 0 Å². The molecule has 0 aliphatic rings. The van der Waals surface area contributed by atoms with Crippen LogP contribution in [0.2, 0.25) is 0 Å². The van der Waals surface area contributed by atoms with Crippen LogP contribution in [-0.2, 0) is 5.60 Å². The largest absolute Gasteiger partial charge is 0.384 e. The Morgan fingerprint density at radius 3 is 2.47 bits per heavy atom. The summed E-state index contributed by atoms with van der Waals surface area (Å²) in [6, 6.07) is 14.3. The smallest absolute Gasteiger partial charge is 0.128 e. The SMILES string of the molecule is Cc1c(F)cccc1NCC(C)(O)c1ccccc1. The highest BCUT2D eigenvalue weighted by atomic mass is 19.1. The molecule has 0 aliphatic heterocycles. The Morgan fingerprint density at radius 2 is 1.79 bits per heavy atom. The van der Waals surface area contributed by atoms with Gasteiger partial charge in [-0.15, -0.1) is 0 Å². The molecule has 0 heterocycles. The molecular formula is C16H18FNO. The number of hydrogen-bond donors (Lipinski definition) is 2. The summed E-state index contributed by atoms with van der Waals surface area (Å²) < 4.78 is 13.4. The van der Waals surface area contributed by atoms with Gasteiger partial charge in [-0.05, 0) is 31.5 Å². The third-order valence-corrected chi connectivity index (χ3v) is 3.29. The summed E-state index contributed by atoms with van der Waals surface area (Å²) in [5.74, 6) is -0.246. The molecule has 0 amide bonds. The molecule has 19 heavy (non-hydrogen) atoms. The molecule has 1 unspecified atom stereocenters. The van der Waals surface area contributed by atoms with E-state index in [0.29, 0.717) is 17.8 Å². The lowest BCUT2D eigenvalue weighted by molar-refractivity contribution is 0.0715. The van der Waals surface area contributed by atoms with E-state index in [2.05, 4.69) is 5.32 Å². The maximum atomic E-state index is 13.4. The number of anilines is 1. The molecule has 0 saturated heterocycles. The summed E-state index contributed by atoms with van der Waals surface area (Å²) in [5, 5.41) is 13.6. The average Bonchev–Trinajstić information content (AvgIpc) is 2.41. The van der Waals surface area contributed by atoms with Gasteiger partial charge >= 0.3 is 0 Å². The normalized spacial score (nSPS) is 13.9. The van der Waals surface area contributed by atoms with Crippen LogP contribution in [0.1, 0.15) is 18.1 Å². The minimum atomic E-state index is -1.000. The Morgan fingerprint density at radius 1 is 1.11 bits per heavy atom. The maximum Gasteiger partial charge on any atom is 0.128 e. The second kappa shape index (κ2) is 5.41. The molecule has 2 rings (SSSR count). The van der Waals surface area contributed by atoms with E-state index in [1.165, 1.54) is 6.07 Å². The predicted molar refractivity (Wildman–Crippen MR) is 75.6 cm³/mol. The number of nitrogens with one attached hydrogen (secondary N) is 1. The first kappa shape index (κ1) is 13.6. The molecule has 1 atom stereocenters. The zero-order chi connectivity index (χ0) is 13.9. The van der Waals surface area contributed by atoms with Gasteiger partial charge in [0.15, 0.2) is 0 Å². The minimum Gasteiger partial charge on any atom is -0.384 e. The highest BCUT2D eigenvalue weighted by molar-refractivity contribution is 5.51. The van der Waals surface area contributed by atoms with E-state index < -0.39 is 5.60 Å². The van der Waals surface area contributed by atoms with Crippen molar-refractivity contribution in [1.29, 1.82) is 0 Å². The van der Waals surface area contributed by atoms with E-state index >= 15 is 0 Å². The fraction of sp³-hybridized carbons (Fsp3) is 0.250. The zero-order valence-electron chi connectivity index (χ0n) is 11.2. The van der Waals surface area contributed by atoms with Gasteiger partial charge in [0.25, 0.3) is 0 Å². The Kier molecular flexibility index (Phi) is 3.86. The van der Waals surface area contributed by atoms with Crippen LogP contribution in [0.3, 0.4) is 0 Å². The Labute approximate surface area is 112 Å². The van der Waals surface area contributed by atoms with E-state index in [-0.39, 0.29) is 5.82 Å². The standard InChI is InChI=1S/C16H18FNO/c1-12-14(17)9-6-10-15(12)18-11-16(2,19)13-7-4-3-5-8-13/h3-10,18-19H,11H2,1-2H3. The van der Waals surface area contributed by atoms with Crippen molar-refractivity contribution in [2.24, 2.45) is 0 Å². The Bertz CT molecular complexity index is 552. The van der Waals surface area contributed by atoms with Crippen molar-refractivity contribution in [3.05, 3.63) is 65.5 Å². The molecule has 0 aromatic heterocycles. The van der Waals surface area contributed by atoms with Crippen molar-refractivity contribution in [2.75, 3.05) is 11.9 Å². The van der Waals surface area contributed by atoms with Gasteiger partial charge in [-0.2, -0.15) is 0 Å². The van der Waals surface area contributed by atoms with Crippen LogP contribution in [0.5, 0.6) is 0 Å². The molecule has 2 aromatic carbocycles. The molecule has 2 N–H and O–H groups in total. The van der Waals surface area contributed by atoms with Crippen LogP contribution in [0.4, 0.5) is 10.1 Å². The highest BCUT2D eigenvalue weighted by Crippen LogP contribution is 2.23. The fourth-order valence-corrected chi connectivity index (χ4v) is 1.97. The lowest BCUT2D eigenvalue weighted by Gasteiger charge is -2.25. The van der Waals surface area contributed by atoms with Gasteiger partial charge in [-0.3, -0.25) is 0 Å². The molecule has 0 spiro atoms. The van der Waals surface area contributed by atoms with Gasteiger partial charge in [0.1, 0.15) is 11.4 Å². The summed E-state index contributed by atoms with van der Waals surface area (Å²) in [6.07, 6.45) is 0. The topological polar surface area (TPSA) is 32.3 Å². The third kappa shape index (κ3) is 3.12. The van der Waals surface area contributed by atoms with Gasteiger partial charge in [0, 0.05) is 17.8 Å². The van der Waals surface area contributed by atoms with Gasteiger partial charge in [-0.25, -0.2) is 4.39 Å². The van der Waals surface area contributed by atoms with E-state index in [1.807, 2.05) is 30.3 Å². The summed E-state index contributed by atoms with van der Waals surface area (Å²) in [6.45, 7) is 3.78. The second-order valence-corrected chi connectivity index (χ2v) is 4.91. The number of rotatable bonds is 4. The molecule has 0 bridgehead atoms. The molecule has 100 valence electrons. The third-order valence-electron chi connectivity index (χ3n) is 3.29. The monoisotopic (exact) mass is 259 g/mol. The molecule has 2 aromatic rings. The van der Waals surface area contributed by atoms with Crippen molar-refractivity contribution in [1.82, 2.24) is 0 Å². The van der Waals surface area contributed by atoms with Crippen LogP contribution in [0.15, 0.2) is 48.5 Å². The van der Waals surface area contributed by atoms with Crippen molar-refractivity contribution >= 4 is 5.69 Å². The van der Waals surface area contributed by atoms with Gasteiger partial charge in [0.2, 0.25) is 0 Å². The van der Waals surface area contributed by atoms with Crippen LogP contribution >= 0.6 is 0 Å². The lowest BCUT2D eigenvalue weighted by Crippen LogP contribution is -2.30. The molecule has 0 fully saturated rings. The molecule has 3 heteroatoms. The molecule has 0 aliphatic carbocycles. The zero-order valence-corrected chi connectivity index (χ0v) is 11.2. The quantitative estimate of drug-likeness (QED) is 0.881. The van der Waals surface area contributed by atoms with Crippen LogP contribution in [0, 0.1) is 12.7 Å². The van der Waals surface area contributed by atoms with Crippen LogP contribution in [-0.4, -0.2) is 11.7 Å². The number of benzene rings is 2. The first-order valence-corrected chi connectivity index (χ1v) is 6.27. The number of hydrogen-bond acceptors (Lipinski definition) is 2.